The van der Waals surface area contributed by atoms with Crippen molar-refractivity contribution in [2.24, 2.45) is 0 Å². The summed E-state index contributed by atoms with van der Waals surface area (Å²) >= 11 is 4.62. The Hall–Kier alpha value is -2.99. The summed E-state index contributed by atoms with van der Waals surface area (Å²) in [4.78, 5) is 21.7. The number of carbonyl (C=O) groups excluding carboxylic acids is 1. The van der Waals surface area contributed by atoms with Crippen LogP contribution in [0.1, 0.15) is 11.4 Å². The van der Waals surface area contributed by atoms with Gasteiger partial charge in [-0.05, 0) is 57.7 Å². The number of fused-ring (bicyclic) bond motifs is 1. The monoisotopic (exact) mass is 567 g/mol. The minimum absolute atomic E-state index is 0.00662. The Balaban J connectivity index is 1.37. The second-order valence-corrected chi connectivity index (χ2v) is 9.76. The highest BCUT2D eigenvalue weighted by atomic mass is 79.9. The number of hydrogen-bond donors (Lipinski definition) is 0. The van der Waals surface area contributed by atoms with Gasteiger partial charge in [0.05, 0.1) is 27.2 Å². The fourth-order valence-electron chi connectivity index (χ4n) is 4.02. The number of halogens is 5. The van der Waals surface area contributed by atoms with Gasteiger partial charge in [0.15, 0.2) is 11.3 Å². The lowest BCUT2D eigenvalue weighted by molar-refractivity contribution is -0.142. The first-order chi connectivity index (χ1) is 16.7. The second kappa shape index (κ2) is 9.23. The third-order valence-electron chi connectivity index (χ3n) is 5.81. The van der Waals surface area contributed by atoms with E-state index in [1.807, 2.05) is 0 Å². The van der Waals surface area contributed by atoms with E-state index in [1.165, 1.54) is 23.5 Å². The van der Waals surface area contributed by atoms with Crippen LogP contribution in [0.5, 0.6) is 0 Å². The fourth-order valence-corrected chi connectivity index (χ4v) is 5.18. The van der Waals surface area contributed by atoms with Gasteiger partial charge in [-0.2, -0.15) is 18.3 Å². The van der Waals surface area contributed by atoms with Gasteiger partial charge in [-0.25, -0.2) is 13.9 Å². The van der Waals surface area contributed by atoms with Gasteiger partial charge in [-0.15, -0.1) is 11.3 Å². The molecule has 0 bridgehead atoms. The molecule has 0 spiro atoms. The van der Waals surface area contributed by atoms with Crippen LogP contribution in [0.25, 0.3) is 16.2 Å². The van der Waals surface area contributed by atoms with Gasteiger partial charge in [-0.1, -0.05) is 6.07 Å². The molecule has 1 fully saturated rings. The molecule has 0 radical (unpaired) electrons. The van der Waals surface area contributed by atoms with Crippen LogP contribution in [-0.2, 0) is 17.4 Å². The van der Waals surface area contributed by atoms with Gasteiger partial charge in [-0.3, -0.25) is 4.79 Å². The summed E-state index contributed by atoms with van der Waals surface area (Å²) in [7, 11) is 0. The van der Waals surface area contributed by atoms with Gasteiger partial charge in [0.1, 0.15) is 5.82 Å². The summed E-state index contributed by atoms with van der Waals surface area (Å²) in [5.74, 6) is -0.550. The molecule has 0 aliphatic carbocycles. The normalized spacial score (nSPS) is 14.7. The number of benzene rings is 1. The second-order valence-electron chi connectivity index (χ2n) is 8.02. The van der Waals surface area contributed by atoms with E-state index in [-0.39, 0.29) is 39.7 Å². The van der Waals surface area contributed by atoms with Crippen LogP contribution >= 0.6 is 27.3 Å². The number of nitrogens with zero attached hydrogens (tertiary/aromatic N) is 5. The van der Waals surface area contributed by atoms with Crippen LogP contribution in [0, 0.1) is 5.82 Å². The highest BCUT2D eigenvalue weighted by Crippen LogP contribution is 2.35. The minimum Gasteiger partial charge on any atom is -0.368 e. The topological polar surface area (TPSA) is 53.7 Å². The smallest absolute Gasteiger partial charge is 0.368 e. The SMILES string of the molecule is O=C(Cc1nn2c(C(F)(F)F)cc(-c3cccs3)nc2c1Br)N1CCN(c2ccc(F)cc2)CC1. The van der Waals surface area contributed by atoms with Crippen LogP contribution in [-0.4, -0.2) is 51.6 Å². The van der Waals surface area contributed by atoms with Crippen LogP contribution in [0.2, 0.25) is 0 Å². The van der Waals surface area contributed by atoms with Crippen molar-refractivity contribution in [3.8, 4) is 10.6 Å². The Morgan fingerprint density at radius 3 is 2.43 bits per heavy atom. The third kappa shape index (κ3) is 4.76. The first-order valence-electron chi connectivity index (χ1n) is 10.7. The molecule has 0 atom stereocenters. The number of amides is 1. The van der Waals surface area contributed by atoms with Crippen molar-refractivity contribution in [3.63, 3.8) is 0 Å². The summed E-state index contributed by atoms with van der Waals surface area (Å²) in [5.41, 5.74) is 0.298. The molecule has 3 aromatic heterocycles. The zero-order chi connectivity index (χ0) is 24.7. The lowest BCUT2D eigenvalue weighted by atomic mass is 10.2. The van der Waals surface area contributed by atoms with Crippen molar-refractivity contribution in [2.45, 2.75) is 12.6 Å². The fraction of sp³-hybridized carbons (Fsp3) is 0.261. The summed E-state index contributed by atoms with van der Waals surface area (Å²) in [6.45, 7) is 2.01. The van der Waals surface area contributed by atoms with E-state index in [2.05, 4.69) is 30.9 Å². The molecule has 0 N–H and O–H groups in total. The maximum Gasteiger partial charge on any atom is 0.433 e. The highest BCUT2D eigenvalue weighted by molar-refractivity contribution is 9.10. The summed E-state index contributed by atoms with van der Waals surface area (Å²) in [6, 6.07) is 10.6. The molecule has 1 aliphatic rings. The third-order valence-corrected chi connectivity index (χ3v) is 7.51. The molecule has 1 aromatic carbocycles. The Kier molecular flexibility index (Phi) is 6.26. The largest absolute Gasteiger partial charge is 0.433 e. The molecule has 12 heteroatoms. The lowest BCUT2D eigenvalue weighted by Gasteiger charge is -2.36. The van der Waals surface area contributed by atoms with Crippen molar-refractivity contribution in [3.05, 3.63) is 69.5 Å². The van der Waals surface area contributed by atoms with E-state index in [0.29, 0.717) is 31.1 Å². The standard InChI is InChI=1S/C23H18BrF4N5OS/c24-21-17(13-20(34)32-9-7-31(8-10-32)15-5-3-14(25)4-6-15)30-33-19(23(26,27)28)12-16(29-22(21)33)18-2-1-11-35-18/h1-6,11-12H,7-10,13H2. The van der Waals surface area contributed by atoms with Gasteiger partial charge >= 0.3 is 6.18 Å². The molecule has 0 saturated carbocycles. The maximum absolute atomic E-state index is 13.8. The molecule has 1 amide bonds. The number of rotatable bonds is 4. The van der Waals surface area contributed by atoms with E-state index in [9.17, 15) is 22.4 Å². The predicted molar refractivity (Wildman–Crippen MR) is 128 cm³/mol. The van der Waals surface area contributed by atoms with Crippen LogP contribution in [0.15, 0.2) is 52.3 Å². The van der Waals surface area contributed by atoms with E-state index in [4.69, 9.17) is 0 Å². The minimum atomic E-state index is -4.66. The number of carbonyl (C=O) groups is 1. The van der Waals surface area contributed by atoms with E-state index >= 15 is 0 Å². The summed E-state index contributed by atoms with van der Waals surface area (Å²) < 4.78 is 55.7. The molecular formula is C23H18BrF4N5OS. The Morgan fingerprint density at radius 2 is 1.80 bits per heavy atom. The number of anilines is 1. The Morgan fingerprint density at radius 1 is 1.09 bits per heavy atom. The molecule has 4 aromatic rings. The van der Waals surface area contributed by atoms with Crippen LogP contribution in [0.3, 0.4) is 0 Å². The first-order valence-corrected chi connectivity index (χ1v) is 12.4. The van der Waals surface area contributed by atoms with Gasteiger partial charge in [0.25, 0.3) is 0 Å². The van der Waals surface area contributed by atoms with Gasteiger partial charge in [0, 0.05) is 31.9 Å². The van der Waals surface area contributed by atoms with E-state index in [0.717, 1.165) is 16.3 Å². The lowest BCUT2D eigenvalue weighted by Crippen LogP contribution is -2.49. The first kappa shape index (κ1) is 23.7. The predicted octanol–water partition coefficient (Wildman–Crippen LogP) is 5.27. The van der Waals surface area contributed by atoms with Crippen LogP contribution < -0.4 is 4.90 Å². The van der Waals surface area contributed by atoms with Crippen molar-refractivity contribution in [2.75, 3.05) is 31.1 Å². The van der Waals surface area contributed by atoms with Crippen molar-refractivity contribution in [1.29, 1.82) is 0 Å². The van der Waals surface area contributed by atoms with Crippen LogP contribution in [0.4, 0.5) is 23.2 Å². The average molecular weight is 568 g/mol. The van der Waals surface area contributed by atoms with Gasteiger partial charge in [0.2, 0.25) is 5.91 Å². The van der Waals surface area contributed by atoms with E-state index < -0.39 is 11.9 Å². The summed E-state index contributed by atoms with van der Waals surface area (Å²) in [5, 5.41) is 5.87. The van der Waals surface area contributed by atoms with Crippen molar-refractivity contribution < 1.29 is 22.4 Å². The average Bonchev–Trinajstić information content (AvgIpc) is 3.47. The zero-order valence-corrected chi connectivity index (χ0v) is 20.5. The number of hydrogen-bond acceptors (Lipinski definition) is 5. The molecule has 5 rings (SSSR count). The number of alkyl halides is 3. The number of piperazine rings is 1. The molecular weight excluding hydrogens is 550 g/mol. The van der Waals surface area contributed by atoms with Crippen molar-refractivity contribution in [1.82, 2.24) is 19.5 Å². The Bertz CT molecular complexity index is 1360. The maximum atomic E-state index is 13.8. The number of thiophene rings is 1. The zero-order valence-electron chi connectivity index (χ0n) is 18.1. The van der Waals surface area contributed by atoms with Gasteiger partial charge < -0.3 is 9.80 Å². The van der Waals surface area contributed by atoms with E-state index in [1.54, 1.807) is 34.5 Å². The highest BCUT2D eigenvalue weighted by Gasteiger charge is 2.36. The van der Waals surface area contributed by atoms with Crippen molar-refractivity contribution >= 4 is 44.5 Å². The molecule has 4 heterocycles. The summed E-state index contributed by atoms with van der Waals surface area (Å²) in [6.07, 6.45) is -4.82. The quantitative estimate of drug-likeness (QED) is 0.315. The molecule has 1 aliphatic heterocycles. The molecule has 0 unspecified atom stereocenters. The number of aromatic nitrogens is 3. The molecule has 35 heavy (non-hydrogen) atoms. The molecule has 6 nitrogen and oxygen atoms in total. The molecule has 182 valence electrons. The molecule has 1 saturated heterocycles. The Labute approximate surface area is 209 Å².